The van der Waals surface area contributed by atoms with Crippen molar-refractivity contribution in [2.45, 2.75) is 16.3 Å². The first-order valence-corrected chi connectivity index (χ1v) is 15.8. The first-order chi connectivity index (χ1) is 18.9. The van der Waals surface area contributed by atoms with Crippen LogP contribution >= 0.6 is 23.2 Å². The number of rotatable bonds is 9. The van der Waals surface area contributed by atoms with Crippen LogP contribution in [0.3, 0.4) is 0 Å². The van der Waals surface area contributed by atoms with Crippen molar-refractivity contribution in [2.24, 2.45) is 0 Å². The van der Waals surface area contributed by atoms with Crippen molar-refractivity contribution in [1.82, 2.24) is 13.5 Å². The Morgan fingerprint density at radius 1 is 0.900 bits per heavy atom. The number of nitrogens with one attached hydrogen (secondary N) is 1. The largest absolute Gasteiger partial charge is 0.325 e. The molecule has 0 atom stereocenters. The number of carbonyl (C=O) groups is 1. The van der Waals surface area contributed by atoms with Gasteiger partial charge in [0.2, 0.25) is 26.0 Å². The Kier molecular flexibility index (Phi) is 9.51. The van der Waals surface area contributed by atoms with Crippen LogP contribution in [0, 0.1) is 5.82 Å². The number of hydrogen-bond acceptors (Lipinski definition) is 6. The lowest BCUT2D eigenvalue weighted by Crippen LogP contribution is -2.46. The van der Waals surface area contributed by atoms with Crippen molar-refractivity contribution in [3.05, 3.63) is 88.2 Å². The third kappa shape index (κ3) is 7.00. The van der Waals surface area contributed by atoms with Crippen molar-refractivity contribution < 1.29 is 26.0 Å². The molecular weight excluding hydrogens is 602 g/mol. The van der Waals surface area contributed by atoms with E-state index in [2.05, 4.69) is 5.32 Å². The molecule has 3 aromatic carbocycles. The minimum atomic E-state index is -4.28. The Bertz CT molecular complexity index is 1560. The number of nitrogens with zero attached hydrogens (tertiary/aromatic N) is 3. The summed E-state index contributed by atoms with van der Waals surface area (Å²) in [6.07, 6.45) is 0. The van der Waals surface area contributed by atoms with E-state index in [0.717, 1.165) is 10.4 Å². The number of sulfonamides is 2. The van der Waals surface area contributed by atoms with Gasteiger partial charge in [0.25, 0.3) is 0 Å². The molecule has 3 aromatic rings. The minimum absolute atomic E-state index is 0.00821. The first kappa shape index (κ1) is 30.4. The van der Waals surface area contributed by atoms with Crippen LogP contribution in [-0.4, -0.2) is 76.0 Å². The van der Waals surface area contributed by atoms with Crippen molar-refractivity contribution in [3.8, 4) is 0 Å². The summed E-state index contributed by atoms with van der Waals surface area (Å²) in [6.45, 7) is 0.827. The molecule has 1 amide bonds. The second-order valence-corrected chi connectivity index (χ2v) is 13.9. The van der Waals surface area contributed by atoms with E-state index in [-0.39, 0.29) is 26.1 Å². The molecule has 0 unspecified atom stereocenters. The van der Waals surface area contributed by atoms with E-state index >= 15 is 0 Å². The van der Waals surface area contributed by atoms with E-state index in [1.54, 1.807) is 0 Å². The molecule has 1 heterocycles. The van der Waals surface area contributed by atoms with Crippen LogP contribution in [0.2, 0.25) is 10.0 Å². The number of hydrogen-bond donors (Lipinski definition) is 1. The van der Waals surface area contributed by atoms with E-state index in [1.165, 1.54) is 65.0 Å². The molecule has 40 heavy (non-hydrogen) atoms. The average Bonchev–Trinajstić information content (AvgIpc) is 2.91. The summed E-state index contributed by atoms with van der Waals surface area (Å²) < 4.78 is 69.6. The standard InChI is InChI=1S/C26H27Cl2FN4O5S2/c1-31-13-15-32(16-14-31)39(35,36)22-11-7-20(8-12-22)30-26(34)18-33(17-23-24(28)3-2-4-25(23)29)40(37,38)21-9-5-19(27)6-10-21/h2-12H,13-18H2,1H3,(H,30,34). The number of amides is 1. The molecule has 4 rings (SSSR count). The molecule has 1 aliphatic heterocycles. The maximum atomic E-state index is 14.5. The zero-order valence-corrected chi connectivity index (χ0v) is 24.6. The Morgan fingerprint density at radius 3 is 2.10 bits per heavy atom. The van der Waals surface area contributed by atoms with Crippen LogP contribution in [0.1, 0.15) is 5.56 Å². The van der Waals surface area contributed by atoms with Gasteiger partial charge >= 0.3 is 0 Å². The molecule has 1 N–H and O–H groups in total. The number of anilines is 1. The van der Waals surface area contributed by atoms with Gasteiger partial charge in [-0.05, 0) is 67.7 Å². The predicted octanol–water partition coefficient (Wildman–Crippen LogP) is 3.90. The lowest BCUT2D eigenvalue weighted by Gasteiger charge is -2.31. The Labute approximate surface area is 243 Å². The predicted molar refractivity (Wildman–Crippen MR) is 152 cm³/mol. The minimum Gasteiger partial charge on any atom is -0.325 e. The van der Waals surface area contributed by atoms with E-state index < -0.39 is 44.9 Å². The third-order valence-electron chi connectivity index (χ3n) is 6.41. The van der Waals surface area contributed by atoms with Gasteiger partial charge < -0.3 is 10.2 Å². The van der Waals surface area contributed by atoms with Crippen LogP contribution in [0.15, 0.2) is 76.5 Å². The van der Waals surface area contributed by atoms with Gasteiger partial charge in [0, 0.05) is 54.0 Å². The number of piperazine rings is 1. The van der Waals surface area contributed by atoms with Gasteiger partial charge in [-0.1, -0.05) is 29.3 Å². The summed E-state index contributed by atoms with van der Waals surface area (Å²) in [6, 6.07) is 14.9. The van der Waals surface area contributed by atoms with Gasteiger partial charge in [0.15, 0.2) is 0 Å². The summed E-state index contributed by atoms with van der Waals surface area (Å²) >= 11 is 12.0. The maximum absolute atomic E-state index is 14.5. The fraction of sp³-hybridized carbons (Fsp3) is 0.269. The quantitative estimate of drug-likeness (QED) is 0.385. The molecule has 0 aliphatic carbocycles. The monoisotopic (exact) mass is 628 g/mol. The molecule has 1 fully saturated rings. The van der Waals surface area contributed by atoms with Gasteiger partial charge in [-0.25, -0.2) is 21.2 Å². The van der Waals surface area contributed by atoms with Crippen molar-refractivity contribution in [2.75, 3.05) is 45.1 Å². The summed E-state index contributed by atoms with van der Waals surface area (Å²) in [5, 5.41) is 2.90. The zero-order valence-electron chi connectivity index (χ0n) is 21.4. The lowest BCUT2D eigenvalue weighted by molar-refractivity contribution is -0.116. The highest BCUT2D eigenvalue weighted by Crippen LogP contribution is 2.26. The summed E-state index contributed by atoms with van der Waals surface area (Å²) in [7, 11) is -6.05. The number of benzene rings is 3. The summed E-state index contributed by atoms with van der Waals surface area (Å²) in [5.74, 6) is -1.44. The second-order valence-electron chi connectivity index (χ2n) is 9.21. The Hall–Kier alpha value is -2.58. The number of halogens is 3. The number of carbonyl (C=O) groups excluding carboxylic acids is 1. The first-order valence-electron chi connectivity index (χ1n) is 12.1. The SMILES string of the molecule is CN1CCN(S(=O)(=O)c2ccc(NC(=O)CN(Cc3c(F)cccc3Cl)S(=O)(=O)c3ccc(Cl)cc3)cc2)CC1. The van der Waals surface area contributed by atoms with E-state index in [1.807, 2.05) is 11.9 Å². The number of likely N-dealkylation sites (N-methyl/N-ethyl adjacent to an activating group) is 1. The van der Waals surface area contributed by atoms with Crippen LogP contribution in [0.5, 0.6) is 0 Å². The molecule has 0 bridgehead atoms. The van der Waals surface area contributed by atoms with Crippen LogP contribution < -0.4 is 5.32 Å². The molecule has 0 spiro atoms. The van der Waals surface area contributed by atoms with Crippen LogP contribution in [-0.2, 0) is 31.4 Å². The highest BCUT2D eigenvalue weighted by atomic mass is 35.5. The van der Waals surface area contributed by atoms with E-state index in [4.69, 9.17) is 23.2 Å². The van der Waals surface area contributed by atoms with Gasteiger partial charge in [-0.15, -0.1) is 0 Å². The van der Waals surface area contributed by atoms with Crippen molar-refractivity contribution >= 4 is 54.8 Å². The maximum Gasteiger partial charge on any atom is 0.243 e. The van der Waals surface area contributed by atoms with Crippen LogP contribution in [0.4, 0.5) is 10.1 Å². The van der Waals surface area contributed by atoms with Gasteiger partial charge in [-0.2, -0.15) is 8.61 Å². The Morgan fingerprint density at radius 2 is 1.50 bits per heavy atom. The fourth-order valence-corrected chi connectivity index (χ4v) is 7.23. The fourth-order valence-electron chi connectivity index (χ4n) is 4.09. The van der Waals surface area contributed by atoms with Crippen LogP contribution in [0.25, 0.3) is 0 Å². The molecule has 9 nitrogen and oxygen atoms in total. The average molecular weight is 630 g/mol. The highest BCUT2D eigenvalue weighted by Gasteiger charge is 2.30. The summed E-state index contributed by atoms with van der Waals surface area (Å²) in [5.41, 5.74) is 0.170. The molecule has 0 aromatic heterocycles. The molecule has 0 saturated carbocycles. The Balaban J connectivity index is 1.53. The van der Waals surface area contributed by atoms with Crippen molar-refractivity contribution in [3.63, 3.8) is 0 Å². The van der Waals surface area contributed by atoms with Gasteiger partial charge in [-0.3, -0.25) is 4.79 Å². The van der Waals surface area contributed by atoms with E-state index in [0.29, 0.717) is 31.2 Å². The second kappa shape index (κ2) is 12.5. The zero-order chi connectivity index (χ0) is 29.1. The molecule has 1 aliphatic rings. The summed E-state index contributed by atoms with van der Waals surface area (Å²) in [4.78, 5) is 15.0. The van der Waals surface area contributed by atoms with Gasteiger partial charge in [0.05, 0.1) is 16.3 Å². The molecular formula is C26H27Cl2FN4O5S2. The van der Waals surface area contributed by atoms with E-state index in [9.17, 15) is 26.0 Å². The molecule has 1 saturated heterocycles. The highest BCUT2D eigenvalue weighted by molar-refractivity contribution is 7.89. The topological polar surface area (TPSA) is 107 Å². The molecule has 14 heteroatoms. The molecule has 214 valence electrons. The molecule has 0 radical (unpaired) electrons. The normalized spacial score (nSPS) is 15.3. The third-order valence-corrected chi connectivity index (χ3v) is 10.7. The van der Waals surface area contributed by atoms with Gasteiger partial charge in [0.1, 0.15) is 5.82 Å². The lowest BCUT2D eigenvalue weighted by atomic mass is 10.2. The smallest absolute Gasteiger partial charge is 0.243 e. The van der Waals surface area contributed by atoms with Crippen molar-refractivity contribution in [1.29, 1.82) is 0 Å².